The molecule has 0 unspecified atom stereocenters. The highest BCUT2D eigenvalue weighted by Gasteiger charge is 2.24. The van der Waals surface area contributed by atoms with Crippen LogP contribution in [0.3, 0.4) is 0 Å². The molecule has 0 aliphatic heterocycles. The van der Waals surface area contributed by atoms with E-state index < -0.39 is 16.3 Å². The van der Waals surface area contributed by atoms with Gasteiger partial charge in [-0.15, -0.1) is 0 Å². The van der Waals surface area contributed by atoms with Gasteiger partial charge >= 0.3 is 16.3 Å². The van der Waals surface area contributed by atoms with Gasteiger partial charge in [0.1, 0.15) is 0 Å². The molecule has 2 aromatic rings. The molecule has 0 fully saturated rings. The molecule has 0 aliphatic rings. The van der Waals surface area contributed by atoms with E-state index in [2.05, 4.69) is 0 Å². The van der Waals surface area contributed by atoms with E-state index in [1.54, 1.807) is 30.3 Å². The summed E-state index contributed by atoms with van der Waals surface area (Å²) in [4.78, 5) is 11.2. The SMILES string of the molecule is O=C(O)c1ccccc1N(Cc1ccccc1)S(=O)(=O)O. The molecule has 7 heteroatoms. The first-order valence-corrected chi connectivity index (χ1v) is 7.40. The average molecular weight is 307 g/mol. The van der Waals surface area contributed by atoms with Crippen molar-refractivity contribution >= 4 is 22.0 Å². The number of hydrogen-bond acceptors (Lipinski definition) is 3. The second-order valence-corrected chi connectivity index (χ2v) is 5.63. The van der Waals surface area contributed by atoms with Crippen molar-refractivity contribution < 1.29 is 22.9 Å². The smallest absolute Gasteiger partial charge is 0.360 e. The molecule has 0 amide bonds. The molecule has 110 valence electrons. The van der Waals surface area contributed by atoms with Crippen molar-refractivity contribution in [3.8, 4) is 0 Å². The van der Waals surface area contributed by atoms with Crippen molar-refractivity contribution in [3.05, 3.63) is 65.7 Å². The van der Waals surface area contributed by atoms with Gasteiger partial charge in [-0.1, -0.05) is 42.5 Å². The Morgan fingerprint density at radius 1 is 1.00 bits per heavy atom. The van der Waals surface area contributed by atoms with Crippen molar-refractivity contribution in [3.63, 3.8) is 0 Å². The Morgan fingerprint density at radius 2 is 1.57 bits per heavy atom. The Hall–Kier alpha value is -2.38. The molecule has 0 aliphatic carbocycles. The third kappa shape index (κ3) is 3.59. The van der Waals surface area contributed by atoms with Gasteiger partial charge in [0.15, 0.2) is 0 Å². The lowest BCUT2D eigenvalue weighted by Crippen LogP contribution is -2.31. The Bertz CT molecular complexity index is 743. The third-order valence-electron chi connectivity index (χ3n) is 2.85. The standard InChI is InChI=1S/C14H13NO5S/c16-14(17)12-8-4-5-9-13(12)15(21(18,19)20)10-11-6-2-1-3-7-11/h1-9H,10H2,(H,16,17)(H,18,19,20). The number of carbonyl (C=O) groups is 1. The lowest BCUT2D eigenvalue weighted by Gasteiger charge is -2.22. The van der Waals surface area contributed by atoms with E-state index in [1.807, 2.05) is 0 Å². The van der Waals surface area contributed by atoms with Gasteiger partial charge in [0.05, 0.1) is 17.8 Å². The summed E-state index contributed by atoms with van der Waals surface area (Å²) >= 11 is 0. The van der Waals surface area contributed by atoms with Crippen LogP contribution in [0.25, 0.3) is 0 Å². The number of para-hydroxylation sites is 1. The number of hydrogen-bond donors (Lipinski definition) is 2. The Balaban J connectivity index is 2.50. The van der Waals surface area contributed by atoms with Gasteiger partial charge in [0.25, 0.3) is 0 Å². The summed E-state index contributed by atoms with van der Waals surface area (Å²) < 4.78 is 33.3. The second kappa shape index (κ2) is 5.94. The summed E-state index contributed by atoms with van der Waals surface area (Å²) in [6.07, 6.45) is 0. The largest absolute Gasteiger partial charge is 0.478 e. The highest BCUT2D eigenvalue weighted by Crippen LogP contribution is 2.24. The van der Waals surface area contributed by atoms with Crippen LogP contribution in [0, 0.1) is 0 Å². The minimum Gasteiger partial charge on any atom is -0.478 e. The zero-order chi connectivity index (χ0) is 15.5. The van der Waals surface area contributed by atoms with Gasteiger partial charge in [-0.2, -0.15) is 8.42 Å². The lowest BCUT2D eigenvalue weighted by molar-refractivity contribution is 0.0697. The molecule has 0 radical (unpaired) electrons. The fourth-order valence-electron chi connectivity index (χ4n) is 1.91. The number of aromatic carboxylic acids is 1. The van der Waals surface area contributed by atoms with Gasteiger partial charge in [-0.05, 0) is 17.7 Å². The van der Waals surface area contributed by atoms with E-state index in [-0.39, 0.29) is 17.8 Å². The molecule has 2 N–H and O–H groups in total. The van der Waals surface area contributed by atoms with Crippen molar-refractivity contribution in [2.24, 2.45) is 0 Å². The van der Waals surface area contributed by atoms with Crippen LogP contribution in [0.4, 0.5) is 5.69 Å². The normalized spacial score (nSPS) is 11.1. The van der Waals surface area contributed by atoms with Gasteiger partial charge in [-0.25, -0.2) is 9.10 Å². The van der Waals surface area contributed by atoms with Crippen LogP contribution >= 0.6 is 0 Å². The maximum absolute atomic E-state index is 11.6. The van der Waals surface area contributed by atoms with E-state index in [0.717, 1.165) is 0 Å². The molecule has 21 heavy (non-hydrogen) atoms. The predicted molar refractivity (Wildman–Crippen MR) is 77.6 cm³/mol. The maximum atomic E-state index is 11.6. The molecule has 0 saturated heterocycles. The highest BCUT2D eigenvalue weighted by molar-refractivity contribution is 7.87. The zero-order valence-electron chi connectivity index (χ0n) is 10.9. The summed E-state index contributed by atoms with van der Waals surface area (Å²) in [5.74, 6) is -1.27. The van der Waals surface area contributed by atoms with Gasteiger partial charge in [0, 0.05) is 0 Å². The summed E-state index contributed by atoms with van der Waals surface area (Å²) in [6, 6.07) is 14.2. The molecule has 0 bridgehead atoms. The van der Waals surface area contributed by atoms with Crippen LogP contribution in [0.15, 0.2) is 54.6 Å². The number of anilines is 1. The quantitative estimate of drug-likeness (QED) is 0.826. The molecule has 6 nitrogen and oxygen atoms in total. The zero-order valence-corrected chi connectivity index (χ0v) is 11.7. The van der Waals surface area contributed by atoms with Gasteiger partial charge < -0.3 is 5.11 Å². The third-order valence-corrected chi connectivity index (χ3v) is 3.73. The lowest BCUT2D eigenvalue weighted by atomic mass is 10.1. The van der Waals surface area contributed by atoms with Crippen molar-refractivity contribution in [2.75, 3.05) is 4.31 Å². The summed E-state index contributed by atoms with van der Waals surface area (Å²) in [5.41, 5.74) is 0.331. The van der Waals surface area contributed by atoms with Crippen molar-refractivity contribution in [1.29, 1.82) is 0 Å². The van der Waals surface area contributed by atoms with Crippen LogP contribution in [0.1, 0.15) is 15.9 Å². The summed E-state index contributed by atoms with van der Waals surface area (Å²) in [6.45, 7) is -0.163. The van der Waals surface area contributed by atoms with Crippen molar-refractivity contribution in [2.45, 2.75) is 6.54 Å². The molecular weight excluding hydrogens is 294 g/mol. The predicted octanol–water partition coefficient (Wildman–Crippen LogP) is 2.19. The number of nitrogens with zero attached hydrogens (tertiary/aromatic N) is 1. The minimum atomic E-state index is -4.60. The van der Waals surface area contributed by atoms with E-state index >= 15 is 0 Å². The first-order valence-electron chi connectivity index (χ1n) is 6.01. The summed E-state index contributed by atoms with van der Waals surface area (Å²) in [7, 11) is -4.60. The fourth-order valence-corrected chi connectivity index (χ4v) is 2.63. The topological polar surface area (TPSA) is 94.9 Å². The Labute approximate surface area is 122 Å². The van der Waals surface area contributed by atoms with Crippen LogP contribution in [-0.2, 0) is 16.8 Å². The summed E-state index contributed by atoms with van der Waals surface area (Å²) in [5, 5.41) is 9.14. The molecule has 0 heterocycles. The average Bonchev–Trinajstić information content (AvgIpc) is 2.44. The first kappa shape index (κ1) is 15.0. The molecular formula is C14H13NO5S. The highest BCUT2D eigenvalue weighted by atomic mass is 32.2. The van der Waals surface area contributed by atoms with Gasteiger partial charge in [-0.3, -0.25) is 4.55 Å². The number of benzene rings is 2. The van der Waals surface area contributed by atoms with Gasteiger partial charge in [0.2, 0.25) is 0 Å². The second-order valence-electron chi connectivity index (χ2n) is 4.29. The van der Waals surface area contributed by atoms with Crippen LogP contribution in [-0.4, -0.2) is 24.0 Å². The van der Waals surface area contributed by atoms with Crippen LogP contribution in [0.2, 0.25) is 0 Å². The fraction of sp³-hybridized carbons (Fsp3) is 0.0714. The number of rotatable bonds is 5. The van der Waals surface area contributed by atoms with Crippen LogP contribution in [0.5, 0.6) is 0 Å². The Morgan fingerprint density at radius 3 is 2.14 bits per heavy atom. The monoisotopic (exact) mass is 307 g/mol. The number of carboxylic acids is 1. The molecule has 2 aromatic carbocycles. The maximum Gasteiger partial charge on any atom is 0.360 e. The minimum absolute atomic E-state index is 0.0867. The van der Waals surface area contributed by atoms with E-state index in [4.69, 9.17) is 5.11 Å². The number of carboxylic acid groups (broad SMARTS) is 1. The molecule has 0 aromatic heterocycles. The Kier molecular flexibility index (Phi) is 4.25. The van der Waals surface area contributed by atoms with Crippen LogP contribution < -0.4 is 4.31 Å². The molecule has 2 rings (SSSR count). The molecule has 0 spiro atoms. The van der Waals surface area contributed by atoms with E-state index in [0.29, 0.717) is 9.87 Å². The first-order chi connectivity index (χ1) is 9.89. The van der Waals surface area contributed by atoms with E-state index in [9.17, 15) is 17.8 Å². The molecule has 0 atom stereocenters. The van der Waals surface area contributed by atoms with Crippen molar-refractivity contribution in [1.82, 2.24) is 0 Å². The molecule has 0 saturated carbocycles. The van der Waals surface area contributed by atoms with E-state index in [1.165, 1.54) is 24.3 Å².